The molecule has 1 aromatic heterocycles. The Balaban J connectivity index is 1.73. The number of hydrogen-bond donors (Lipinski definition) is 1. The predicted molar refractivity (Wildman–Crippen MR) is 88.6 cm³/mol. The van der Waals surface area contributed by atoms with E-state index in [-0.39, 0.29) is 0 Å². The lowest BCUT2D eigenvalue weighted by atomic mass is 10.2. The molecule has 0 bridgehead atoms. The van der Waals surface area contributed by atoms with Crippen LogP contribution >= 0.6 is 11.6 Å². The number of rotatable bonds is 4. The third-order valence-electron chi connectivity index (χ3n) is 3.58. The molecule has 2 heterocycles. The second-order valence-corrected chi connectivity index (χ2v) is 5.61. The molecule has 5 nitrogen and oxygen atoms in total. The Bertz CT molecular complexity index is 644. The summed E-state index contributed by atoms with van der Waals surface area (Å²) < 4.78 is 5.38. The van der Waals surface area contributed by atoms with Gasteiger partial charge in [-0.2, -0.15) is 0 Å². The minimum absolute atomic E-state index is 0.638. The van der Waals surface area contributed by atoms with Gasteiger partial charge in [-0.1, -0.05) is 29.8 Å². The molecule has 0 saturated carbocycles. The van der Waals surface area contributed by atoms with E-state index in [2.05, 4.69) is 20.2 Å². The molecule has 1 saturated heterocycles. The van der Waals surface area contributed by atoms with Crippen molar-refractivity contribution in [1.82, 2.24) is 9.97 Å². The summed E-state index contributed by atoms with van der Waals surface area (Å²) in [5.74, 6) is 2.51. The van der Waals surface area contributed by atoms with Crippen LogP contribution in [0.1, 0.15) is 11.4 Å². The molecule has 0 amide bonds. The molecular weight excluding hydrogens is 300 g/mol. The van der Waals surface area contributed by atoms with Gasteiger partial charge in [-0.05, 0) is 18.6 Å². The minimum Gasteiger partial charge on any atom is -0.378 e. The first kappa shape index (κ1) is 15.1. The standard InChI is InChI=1S/C16H19ClN4O/c1-12-19-15(18-11-13-4-2-3-5-14(13)17)10-16(20-12)21-6-8-22-9-7-21/h2-5,10H,6-9,11H2,1H3,(H,18,19,20). The summed E-state index contributed by atoms with van der Waals surface area (Å²) in [7, 11) is 0. The average molecular weight is 319 g/mol. The highest BCUT2D eigenvalue weighted by Gasteiger charge is 2.14. The predicted octanol–water partition coefficient (Wildman–Crippen LogP) is 2.89. The van der Waals surface area contributed by atoms with Gasteiger partial charge in [0.15, 0.2) is 0 Å². The van der Waals surface area contributed by atoms with Gasteiger partial charge in [0.2, 0.25) is 0 Å². The molecule has 3 rings (SSSR count). The number of aryl methyl sites for hydroxylation is 1. The second kappa shape index (κ2) is 6.94. The van der Waals surface area contributed by atoms with Crippen LogP contribution in [0, 0.1) is 6.92 Å². The molecule has 1 fully saturated rings. The molecule has 1 aliphatic rings. The number of benzene rings is 1. The van der Waals surface area contributed by atoms with Crippen molar-refractivity contribution < 1.29 is 4.74 Å². The van der Waals surface area contributed by atoms with Crippen LogP contribution in [0.5, 0.6) is 0 Å². The van der Waals surface area contributed by atoms with Crippen molar-refractivity contribution in [2.75, 3.05) is 36.5 Å². The molecule has 0 unspecified atom stereocenters. The Morgan fingerprint density at radius 3 is 2.77 bits per heavy atom. The molecule has 2 aromatic rings. The summed E-state index contributed by atoms with van der Waals surface area (Å²) in [5.41, 5.74) is 1.05. The van der Waals surface area contributed by atoms with E-state index in [4.69, 9.17) is 16.3 Å². The Kier molecular flexibility index (Phi) is 4.75. The molecule has 0 radical (unpaired) electrons. The van der Waals surface area contributed by atoms with E-state index in [1.807, 2.05) is 37.3 Å². The van der Waals surface area contributed by atoms with Crippen LogP contribution in [0.15, 0.2) is 30.3 Å². The quantitative estimate of drug-likeness (QED) is 0.939. The van der Waals surface area contributed by atoms with Crippen LogP contribution in [0.2, 0.25) is 5.02 Å². The van der Waals surface area contributed by atoms with E-state index in [9.17, 15) is 0 Å². The molecule has 0 aliphatic carbocycles. The number of nitrogens with one attached hydrogen (secondary N) is 1. The van der Waals surface area contributed by atoms with Crippen molar-refractivity contribution in [3.8, 4) is 0 Å². The maximum Gasteiger partial charge on any atom is 0.134 e. The Labute approximate surface area is 135 Å². The lowest BCUT2D eigenvalue weighted by molar-refractivity contribution is 0.122. The molecule has 1 aromatic carbocycles. The van der Waals surface area contributed by atoms with Gasteiger partial charge in [0.25, 0.3) is 0 Å². The monoisotopic (exact) mass is 318 g/mol. The van der Waals surface area contributed by atoms with Crippen LogP contribution in [-0.2, 0) is 11.3 Å². The SMILES string of the molecule is Cc1nc(NCc2ccccc2Cl)cc(N2CCOCC2)n1. The van der Waals surface area contributed by atoms with Crippen LogP contribution in [-0.4, -0.2) is 36.3 Å². The smallest absolute Gasteiger partial charge is 0.134 e. The van der Waals surface area contributed by atoms with Crippen molar-refractivity contribution in [1.29, 1.82) is 0 Å². The average Bonchev–Trinajstić information content (AvgIpc) is 2.54. The molecule has 116 valence electrons. The van der Waals surface area contributed by atoms with E-state index >= 15 is 0 Å². The molecule has 0 atom stereocenters. The zero-order chi connectivity index (χ0) is 15.4. The van der Waals surface area contributed by atoms with Crippen molar-refractivity contribution >= 4 is 23.2 Å². The molecule has 0 spiro atoms. The van der Waals surface area contributed by atoms with E-state index in [1.165, 1.54) is 0 Å². The number of halogens is 1. The van der Waals surface area contributed by atoms with Gasteiger partial charge in [-0.15, -0.1) is 0 Å². The normalized spacial score (nSPS) is 14.9. The third-order valence-corrected chi connectivity index (χ3v) is 3.95. The highest BCUT2D eigenvalue weighted by molar-refractivity contribution is 6.31. The van der Waals surface area contributed by atoms with Gasteiger partial charge in [0.05, 0.1) is 13.2 Å². The first-order chi connectivity index (χ1) is 10.7. The van der Waals surface area contributed by atoms with Gasteiger partial charge >= 0.3 is 0 Å². The van der Waals surface area contributed by atoms with E-state index < -0.39 is 0 Å². The number of anilines is 2. The number of aromatic nitrogens is 2. The zero-order valence-electron chi connectivity index (χ0n) is 12.6. The first-order valence-electron chi connectivity index (χ1n) is 7.38. The first-order valence-corrected chi connectivity index (χ1v) is 7.76. The molecule has 6 heteroatoms. The molecule has 1 N–H and O–H groups in total. The maximum atomic E-state index is 6.18. The third kappa shape index (κ3) is 3.67. The zero-order valence-corrected chi connectivity index (χ0v) is 13.3. The summed E-state index contributed by atoms with van der Waals surface area (Å²) in [6.45, 7) is 5.75. The maximum absolute atomic E-state index is 6.18. The van der Waals surface area contributed by atoms with Crippen LogP contribution in [0.4, 0.5) is 11.6 Å². The van der Waals surface area contributed by atoms with E-state index in [0.29, 0.717) is 6.54 Å². The summed E-state index contributed by atoms with van der Waals surface area (Å²) in [5, 5.41) is 4.09. The van der Waals surface area contributed by atoms with Gasteiger partial charge in [-0.25, -0.2) is 9.97 Å². The molecule has 22 heavy (non-hydrogen) atoms. The van der Waals surface area contributed by atoms with Crippen LogP contribution < -0.4 is 10.2 Å². The Morgan fingerprint density at radius 2 is 2.00 bits per heavy atom. The highest BCUT2D eigenvalue weighted by Crippen LogP contribution is 2.19. The fourth-order valence-corrected chi connectivity index (χ4v) is 2.63. The Hall–Kier alpha value is -1.85. The van der Waals surface area contributed by atoms with Gasteiger partial charge in [0, 0.05) is 30.7 Å². The van der Waals surface area contributed by atoms with Crippen molar-refractivity contribution in [2.45, 2.75) is 13.5 Å². The van der Waals surface area contributed by atoms with Crippen LogP contribution in [0.3, 0.4) is 0 Å². The van der Waals surface area contributed by atoms with Crippen molar-refractivity contribution in [2.24, 2.45) is 0 Å². The number of ether oxygens (including phenoxy) is 1. The van der Waals surface area contributed by atoms with Gasteiger partial charge < -0.3 is 15.0 Å². The van der Waals surface area contributed by atoms with E-state index in [1.54, 1.807) is 0 Å². The van der Waals surface area contributed by atoms with Crippen LogP contribution in [0.25, 0.3) is 0 Å². The second-order valence-electron chi connectivity index (χ2n) is 5.20. The number of hydrogen-bond acceptors (Lipinski definition) is 5. The lowest BCUT2D eigenvalue weighted by Gasteiger charge is -2.28. The molecule has 1 aliphatic heterocycles. The van der Waals surface area contributed by atoms with Gasteiger partial charge in [-0.3, -0.25) is 0 Å². The summed E-state index contributed by atoms with van der Waals surface area (Å²) >= 11 is 6.18. The summed E-state index contributed by atoms with van der Waals surface area (Å²) in [6.07, 6.45) is 0. The molecular formula is C16H19ClN4O. The largest absolute Gasteiger partial charge is 0.378 e. The van der Waals surface area contributed by atoms with E-state index in [0.717, 1.165) is 54.3 Å². The Morgan fingerprint density at radius 1 is 1.23 bits per heavy atom. The van der Waals surface area contributed by atoms with Gasteiger partial charge in [0.1, 0.15) is 17.5 Å². The fraction of sp³-hybridized carbons (Fsp3) is 0.375. The summed E-state index contributed by atoms with van der Waals surface area (Å²) in [6, 6.07) is 9.79. The lowest BCUT2D eigenvalue weighted by Crippen LogP contribution is -2.37. The van der Waals surface area contributed by atoms with Crippen molar-refractivity contribution in [3.05, 3.63) is 46.7 Å². The fourth-order valence-electron chi connectivity index (χ4n) is 2.42. The van der Waals surface area contributed by atoms with Crippen molar-refractivity contribution in [3.63, 3.8) is 0 Å². The highest BCUT2D eigenvalue weighted by atomic mass is 35.5. The minimum atomic E-state index is 0.638. The topological polar surface area (TPSA) is 50.3 Å². The number of morpholine rings is 1. The number of nitrogens with zero attached hydrogens (tertiary/aromatic N) is 3. The summed E-state index contributed by atoms with van der Waals surface area (Å²) in [4.78, 5) is 11.2.